The minimum atomic E-state index is 0.624. The van der Waals surface area contributed by atoms with Gasteiger partial charge in [-0.25, -0.2) is 4.98 Å². The van der Waals surface area contributed by atoms with Crippen LogP contribution in [0, 0.1) is 6.92 Å². The van der Waals surface area contributed by atoms with Crippen molar-refractivity contribution in [3.05, 3.63) is 44.3 Å². The third-order valence-electron chi connectivity index (χ3n) is 2.08. The Morgan fingerprint density at radius 3 is 2.56 bits per heavy atom. The van der Waals surface area contributed by atoms with Gasteiger partial charge in [-0.1, -0.05) is 29.3 Å². The topological polar surface area (TPSA) is 24.9 Å². The quantitative estimate of drug-likeness (QED) is 0.898. The number of anilines is 1. The Balaban J connectivity index is 2.10. The lowest BCUT2D eigenvalue weighted by molar-refractivity contribution is 1.05. The van der Waals surface area contributed by atoms with Crippen LogP contribution in [0.4, 0.5) is 5.69 Å². The molecule has 2 aromatic rings. The third-order valence-corrected chi connectivity index (χ3v) is 3.53. The van der Waals surface area contributed by atoms with Gasteiger partial charge in [0.15, 0.2) is 0 Å². The molecule has 2 rings (SSSR count). The van der Waals surface area contributed by atoms with Crippen molar-refractivity contribution in [1.82, 2.24) is 4.98 Å². The lowest BCUT2D eigenvalue weighted by Crippen LogP contribution is -2.00. The molecule has 0 saturated carbocycles. The van der Waals surface area contributed by atoms with Crippen LogP contribution in [-0.4, -0.2) is 4.98 Å². The summed E-state index contributed by atoms with van der Waals surface area (Å²) in [5.74, 6) is 0. The van der Waals surface area contributed by atoms with Crippen molar-refractivity contribution in [2.45, 2.75) is 13.5 Å². The Kier molecular flexibility index (Phi) is 3.69. The highest BCUT2D eigenvalue weighted by atomic mass is 35.5. The van der Waals surface area contributed by atoms with Gasteiger partial charge in [-0.15, -0.1) is 11.3 Å². The van der Waals surface area contributed by atoms with E-state index in [0.717, 1.165) is 16.4 Å². The van der Waals surface area contributed by atoms with Gasteiger partial charge in [0.2, 0.25) is 0 Å². The van der Waals surface area contributed by atoms with Crippen molar-refractivity contribution in [2.75, 3.05) is 5.32 Å². The molecule has 0 spiro atoms. The lowest BCUT2D eigenvalue weighted by atomic mass is 10.3. The maximum absolute atomic E-state index is 6.04. The maximum Gasteiger partial charge on any atom is 0.0898 e. The van der Waals surface area contributed by atoms with E-state index in [1.54, 1.807) is 11.3 Å². The highest BCUT2D eigenvalue weighted by Gasteiger charge is 2.05. The molecule has 1 aromatic heterocycles. The molecule has 0 unspecified atom stereocenters. The first-order chi connectivity index (χ1) is 7.66. The average Bonchev–Trinajstić information content (AvgIpc) is 2.63. The number of hydrogen-bond donors (Lipinski definition) is 1. The number of nitrogens with one attached hydrogen (secondary N) is 1. The summed E-state index contributed by atoms with van der Waals surface area (Å²) < 4.78 is 0. The van der Waals surface area contributed by atoms with Gasteiger partial charge in [-0.3, -0.25) is 0 Å². The maximum atomic E-state index is 6.04. The van der Waals surface area contributed by atoms with Crippen molar-refractivity contribution in [2.24, 2.45) is 0 Å². The number of benzene rings is 1. The van der Waals surface area contributed by atoms with Crippen molar-refractivity contribution in [1.29, 1.82) is 0 Å². The van der Waals surface area contributed by atoms with Gasteiger partial charge in [0.1, 0.15) is 0 Å². The average molecular weight is 273 g/mol. The van der Waals surface area contributed by atoms with Crippen LogP contribution in [0.3, 0.4) is 0 Å². The van der Waals surface area contributed by atoms with Crippen LogP contribution in [-0.2, 0) is 6.54 Å². The molecule has 0 fully saturated rings. The molecule has 1 N–H and O–H groups in total. The normalized spacial score (nSPS) is 10.4. The van der Waals surface area contributed by atoms with Gasteiger partial charge in [0.25, 0.3) is 0 Å². The smallest absolute Gasteiger partial charge is 0.0898 e. The minimum Gasteiger partial charge on any atom is -0.377 e. The first kappa shape index (κ1) is 11.7. The summed E-state index contributed by atoms with van der Waals surface area (Å²) >= 11 is 13.7. The molecule has 0 aliphatic carbocycles. The number of nitrogens with zero attached hydrogens (tertiary/aromatic N) is 1. The number of halogens is 2. The molecule has 0 atom stereocenters. The fourth-order valence-electron chi connectivity index (χ4n) is 1.34. The first-order valence-electron chi connectivity index (χ1n) is 4.75. The summed E-state index contributed by atoms with van der Waals surface area (Å²) in [6.45, 7) is 2.62. The second-order valence-corrected chi connectivity index (χ2v) is 5.18. The van der Waals surface area contributed by atoms with Gasteiger partial charge < -0.3 is 5.32 Å². The van der Waals surface area contributed by atoms with Crippen molar-refractivity contribution in [3.8, 4) is 0 Å². The lowest BCUT2D eigenvalue weighted by Gasteiger charge is -2.08. The summed E-state index contributed by atoms with van der Waals surface area (Å²) in [5.41, 5.74) is 1.76. The molecule has 1 aromatic carbocycles. The van der Waals surface area contributed by atoms with E-state index in [1.807, 2.05) is 30.5 Å². The molecule has 5 heteroatoms. The van der Waals surface area contributed by atoms with Crippen LogP contribution in [0.25, 0.3) is 0 Å². The molecule has 0 aliphatic rings. The minimum absolute atomic E-state index is 0.624. The first-order valence-corrected chi connectivity index (χ1v) is 6.39. The molecular weight excluding hydrogens is 263 g/mol. The van der Waals surface area contributed by atoms with Crippen LogP contribution in [0.2, 0.25) is 10.0 Å². The van der Waals surface area contributed by atoms with Gasteiger partial charge in [0.05, 0.1) is 33.0 Å². The molecule has 0 aliphatic heterocycles. The number of para-hydroxylation sites is 1. The predicted octanol–water partition coefficient (Wildman–Crippen LogP) is 4.37. The Hall–Kier alpha value is -0.770. The van der Waals surface area contributed by atoms with Crippen molar-refractivity contribution >= 4 is 40.2 Å². The number of aryl methyl sites for hydroxylation is 1. The standard InChI is InChI=1S/C11H10Cl2N2S/c1-7-15-8(6-16-7)5-14-11-9(12)3-2-4-10(11)13/h2-4,6,14H,5H2,1H3. The third kappa shape index (κ3) is 2.67. The molecule has 0 amide bonds. The Morgan fingerprint density at radius 2 is 2.00 bits per heavy atom. The van der Waals surface area contributed by atoms with Crippen LogP contribution in [0.5, 0.6) is 0 Å². The fourth-order valence-corrected chi connectivity index (χ4v) is 2.48. The van der Waals surface area contributed by atoms with Gasteiger partial charge in [-0.2, -0.15) is 0 Å². The fraction of sp³-hybridized carbons (Fsp3) is 0.182. The number of aromatic nitrogens is 1. The molecule has 0 bridgehead atoms. The van der Waals surface area contributed by atoms with Gasteiger partial charge >= 0.3 is 0 Å². The molecule has 16 heavy (non-hydrogen) atoms. The Morgan fingerprint density at radius 1 is 1.31 bits per heavy atom. The molecule has 2 nitrogen and oxygen atoms in total. The zero-order chi connectivity index (χ0) is 11.5. The molecule has 1 heterocycles. The Labute approximate surface area is 108 Å². The highest BCUT2D eigenvalue weighted by molar-refractivity contribution is 7.09. The van der Waals surface area contributed by atoms with Crippen LogP contribution >= 0.6 is 34.5 Å². The van der Waals surface area contributed by atoms with E-state index in [2.05, 4.69) is 10.3 Å². The summed E-state index contributed by atoms with van der Waals surface area (Å²) in [5, 5.41) is 7.52. The Bertz CT molecular complexity index is 476. The van der Waals surface area contributed by atoms with E-state index in [4.69, 9.17) is 23.2 Å². The van der Waals surface area contributed by atoms with E-state index in [0.29, 0.717) is 16.6 Å². The number of rotatable bonds is 3. The second-order valence-electron chi connectivity index (χ2n) is 3.31. The zero-order valence-corrected chi connectivity index (χ0v) is 11.0. The SMILES string of the molecule is Cc1nc(CNc2c(Cl)cccc2Cl)cs1. The van der Waals surface area contributed by atoms with Crippen LogP contribution < -0.4 is 5.32 Å². The second kappa shape index (κ2) is 5.04. The summed E-state index contributed by atoms with van der Waals surface area (Å²) in [6, 6.07) is 5.44. The molecule has 0 saturated heterocycles. The highest BCUT2D eigenvalue weighted by Crippen LogP contribution is 2.30. The summed E-state index contributed by atoms with van der Waals surface area (Å²) in [4.78, 5) is 4.35. The zero-order valence-electron chi connectivity index (χ0n) is 8.63. The number of thiazole rings is 1. The number of hydrogen-bond acceptors (Lipinski definition) is 3. The van der Waals surface area contributed by atoms with Gasteiger partial charge in [0, 0.05) is 5.38 Å². The van der Waals surface area contributed by atoms with Crippen molar-refractivity contribution < 1.29 is 0 Å². The largest absolute Gasteiger partial charge is 0.377 e. The summed E-state index contributed by atoms with van der Waals surface area (Å²) in [6.07, 6.45) is 0. The van der Waals surface area contributed by atoms with Crippen LogP contribution in [0.1, 0.15) is 10.7 Å². The van der Waals surface area contributed by atoms with E-state index in [1.165, 1.54) is 0 Å². The van der Waals surface area contributed by atoms with E-state index >= 15 is 0 Å². The predicted molar refractivity (Wildman–Crippen MR) is 70.6 cm³/mol. The summed E-state index contributed by atoms with van der Waals surface area (Å²) in [7, 11) is 0. The van der Waals surface area contributed by atoms with E-state index < -0.39 is 0 Å². The van der Waals surface area contributed by atoms with E-state index in [-0.39, 0.29) is 0 Å². The van der Waals surface area contributed by atoms with Crippen molar-refractivity contribution in [3.63, 3.8) is 0 Å². The van der Waals surface area contributed by atoms with Gasteiger partial charge in [-0.05, 0) is 19.1 Å². The molecular formula is C11H10Cl2N2S. The monoisotopic (exact) mass is 272 g/mol. The van der Waals surface area contributed by atoms with Crippen LogP contribution in [0.15, 0.2) is 23.6 Å². The molecule has 0 radical (unpaired) electrons. The van der Waals surface area contributed by atoms with E-state index in [9.17, 15) is 0 Å². The molecule has 84 valence electrons.